The highest BCUT2D eigenvalue weighted by Gasteiger charge is 2.00. The molecule has 3 nitrogen and oxygen atoms in total. The molecule has 0 saturated heterocycles. The highest BCUT2D eigenvalue weighted by Crippen LogP contribution is 2.08. The highest BCUT2D eigenvalue weighted by atomic mass is 19.1. The number of halogens is 1. The molecule has 2 aromatic rings. The van der Waals surface area contributed by atoms with Gasteiger partial charge in [0.05, 0.1) is 11.4 Å². The third-order valence-corrected chi connectivity index (χ3v) is 2.37. The Morgan fingerprint density at radius 2 is 2.00 bits per heavy atom. The third kappa shape index (κ3) is 2.46. The summed E-state index contributed by atoms with van der Waals surface area (Å²) >= 11 is 0. The molecule has 0 atom stereocenters. The SMILES string of the molecule is CNCCc1ccn(-c2ccc(F)cc2)n1. The molecular weight excluding hydrogens is 205 g/mol. The minimum atomic E-state index is -0.230. The molecule has 16 heavy (non-hydrogen) atoms. The van der Waals surface area contributed by atoms with Crippen molar-refractivity contribution in [3.05, 3.63) is 48.0 Å². The number of nitrogens with one attached hydrogen (secondary N) is 1. The molecule has 0 aliphatic heterocycles. The van der Waals surface area contributed by atoms with E-state index in [0.29, 0.717) is 0 Å². The van der Waals surface area contributed by atoms with Crippen LogP contribution in [0.15, 0.2) is 36.5 Å². The second-order valence-electron chi connectivity index (χ2n) is 3.58. The van der Waals surface area contributed by atoms with Crippen LogP contribution in [0, 0.1) is 5.82 Å². The molecule has 0 aliphatic carbocycles. The van der Waals surface area contributed by atoms with Crippen LogP contribution in [0.2, 0.25) is 0 Å². The van der Waals surface area contributed by atoms with E-state index in [-0.39, 0.29) is 5.82 Å². The largest absolute Gasteiger partial charge is 0.319 e. The standard InChI is InChI=1S/C12H14FN3/c1-14-8-6-11-7-9-16(15-11)12-4-2-10(13)3-5-12/h2-5,7,9,14H,6,8H2,1H3. The molecule has 0 spiro atoms. The van der Waals surface area contributed by atoms with Crippen molar-refractivity contribution in [2.45, 2.75) is 6.42 Å². The number of rotatable bonds is 4. The lowest BCUT2D eigenvalue weighted by atomic mass is 10.3. The van der Waals surface area contributed by atoms with Crippen molar-refractivity contribution in [2.24, 2.45) is 0 Å². The zero-order valence-electron chi connectivity index (χ0n) is 9.15. The van der Waals surface area contributed by atoms with Gasteiger partial charge >= 0.3 is 0 Å². The van der Waals surface area contributed by atoms with Crippen molar-refractivity contribution in [1.29, 1.82) is 0 Å². The van der Waals surface area contributed by atoms with E-state index in [1.165, 1.54) is 12.1 Å². The van der Waals surface area contributed by atoms with Gasteiger partial charge in [0.25, 0.3) is 0 Å². The van der Waals surface area contributed by atoms with Crippen LogP contribution in [0.5, 0.6) is 0 Å². The van der Waals surface area contributed by atoms with E-state index < -0.39 is 0 Å². The summed E-state index contributed by atoms with van der Waals surface area (Å²) in [5.74, 6) is -0.230. The second-order valence-corrected chi connectivity index (χ2v) is 3.58. The smallest absolute Gasteiger partial charge is 0.123 e. The summed E-state index contributed by atoms with van der Waals surface area (Å²) in [5.41, 5.74) is 1.90. The van der Waals surface area contributed by atoms with Gasteiger partial charge in [-0.1, -0.05) is 0 Å². The van der Waals surface area contributed by atoms with Crippen LogP contribution in [-0.2, 0) is 6.42 Å². The molecule has 1 heterocycles. The third-order valence-electron chi connectivity index (χ3n) is 2.37. The molecule has 1 aromatic carbocycles. The first-order valence-corrected chi connectivity index (χ1v) is 5.24. The summed E-state index contributed by atoms with van der Waals surface area (Å²) in [6.07, 6.45) is 2.78. The first-order valence-electron chi connectivity index (χ1n) is 5.24. The van der Waals surface area contributed by atoms with E-state index in [1.807, 2.05) is 19.3 Å². The van der Waals surface area contributed by atoms with Crippen molar-refractivity contribution in [3.63, 3.8) is 0 Å². The Morgan fingerprint density at radius 3 is 2.69 bits per heavy atom. The monoisotopic (exact) mass is 219 g/mol. The van der Waals surface area contributed by atoms with Gasteiger partial charge in [0, 0.05) is 19.2 Å². The predicted octanol–water partition coefficient (Wildman–Crippen LogP) is 1.77. The van der Waals surface area contributed by atoms with Crippen molar-refractivity contribution in [1.82, 2.24) is 15.1 Å². The molecule has 1 aromatic heterocycles. The minimum absolute atomic E-state index is 0.230. The van der Waals surface area contributed by atoms with Crippen LogP contribution in [0.4, 0.5) is 4.39 Å². The van der Waals surface area contributed by atoms with Gasteiger partial charge in [-0.05, 0) is 37.4 Å². The molecule has 0 aliphatic rings. The van der Waals surface area contributed by atoms with Gasteiger partial charge in [-0.25, -0.2) is 9.07 Å². The molecule has 0 bridgehead atoms. The fourth-order valence-electron chi connectivity index (χ4n) is 1.49. The summed E-state index contributed by atoms with van der Waals surface area (Å²) in [5, 5.41) is 7.48. The quantitative estimate of drug-likeness (QED) is 0.849. The Bertz CT molecular complexity index is 448. The summed E-state index contributed by atoms with van der Waals surface area (Å²) in [7, 11) is 1.91. The Labute approximate surface area is 93.9 Å². The normalized spacial score (nSPS) is 10.6. The maximum Gasteiger partial charge on any atom is 0.123 e. The molecule has 0 amide bonds. The number of hydrogen-bond donors (Lipinski definition) is 1. The van der Waals surface area contributed by atoms with Gasteiger partial charge in [0.1, 0.15) is 5.82 Å². The summed E-state index contributed by atoms with van der Waals surface area (Å²) in [6.45, 7) is 0.903. The number of hydrogen-bond acceptors (Lipinski definition) is 2. The zero-order valence-corrected chi connectivity index (χ0v) is 9.15. The van der Waals surface area contributed by atoms with Crippen molar-refractivity contribution in [2.75, 3.05) is 13.6 Å². The predicted molar refractivity (Wildman–Crippen MR) is 61.2 cm³/mol. The summed E-state index contributed by atoms with van der Waals surface area (Å²) in [6, 6.07) is 8.27. The van der Waals surface area contributed by atoms with Crippen LogP contribution in [-0.4, -0.2) is 23.4 Å². The minimum Gasteiger partial charge on any atom is -0.319 e. The van der Waals surface area contributed by atoms with Gasteiger partial charge in [-0.2, -0.15) is 5.10 Å². The maximum atomic E-state index is 12.7. The highest BCUT2D eigenvalue weighted by molar-refractivity contribution is 5.31. The molecule has 0 saturated carbocycles. The Kier molecular flexibility index (Phi) is 3.31. The second kappa shape index (κ2) is 4.90. The molecule has 84 valence electrons. The van der Waals surface area contributed by atoms with E-state index in [1.54, 1.807) is 16.8 Å². The van der Waals surface area contributed by atoms with E-state index in [2.05, 4.69) is 10.4 Å². The van der Waals surface area contributed by atoms with Gasteiger partial charge in [-0.3, -0.25) is 0 Å². The van der Waals surface area contributed by atoms with Crippen molar-refractivity contribution in [3.8, 4) is 5.69 Å². The number of aromatic nitrogens is 2. The molecule has 0 radical (unpaired) electrons. The zero-order chi connectivity index (χ0) is 11.4. The van der Waals surface area contributed by atoms with Crippen molar-refractivity contribution < 1.29 is 4.39 Å². The molecule has 0 unspecified atom stereocenters. The fourth-order valence-corrected chi connectivity index (χ4v) is 1.49. The fraction of sp³-hybridized carbons (Fsp3) is 0.250. The lowest BCUT2D eigenvalue weighted by molar-refractivity contribution is 0.627. The molecule has 2 rings (SSSR count). The van der Waals surface area contributed by atoms with Crippen LogP contribution < -0.4 is 5.32 Å². The molecule has 0 fully saturated rings. The van der Waals surface area contributed by atoms with Gasteiger partial charge in [-0.15, -0.1) is 0 Å². The average Bonchev–Trinajstić information content (AvgIpc) is 2.76. The Morgan fingerprint density at radius 1 is 1.25 bits per heavy atom. The topological polar surface area (TPSA) is 29.9 Å². The average molecular weight is 219 g/mol. The maximum absolute atomic E-state index is 12.7. The van der Waals surface area contributed by atoms with Crippen LogP contribution in [0.25, 0.3) is 5.69 Å². The van der Waals surface area contributed by atoms with Gasteiger partial charge in [0.15, 0.2) is 0 Å². The number of benzene rings is 1. The van der Waals surface area contributed by atoms with E-state index >= 15 is 0 Å². The lowest BCUT2D eigenvalue weighted by Gasteiger charge is -2.00. The van der Waals surface area contributed by atoms with E-state index in [4.69, 9.17) is 0 Å². The van der Waals surface area contributed by atoms with Crippen molar-refractivity contribution >= 4 is 0 Å². The molecule has 4 heteroatoms. The number of nitrogens with zero attached hydrogens (tertiary/aromatic N) is 2. The first-order chi connectivity index (χ1) is 7.79. The summed E-state index contributed by atoms with van der Waals surface area (Å²) in [4.78, 5) is 0. The van der Waals surface area contributed by atoms with Crippen LogP contribution in [0.3, 0.4) is 0 Å². The van der Waals surface area contributed by atoms with E-state index in [0.717, 1.165) is 24.3 Å². The molecular formula is C12H14FN3. The van der Waals surface area contributed by atoms with Crippen LogP contribution >= 0.6 is 0 Å². The van der Waals surface area contributed by atoms with E-state index in [9.17, 15) is 4.39 Å². The van der Waals surface area contributed by atoms with Gasteiger partial charge in [0.2, 0.25) is 0 Å². The Balaban J connectivity index is 2.15. The molecule has 1 N–H and O–H groups in total. The first kappa shape index (κ1) is 10.8. The Hall–Kier alpha value is -1.68. The van der Waals surface area contributed by atoms with Crippen LogP contribution in [0.1, 0.15) is 5.69 Å². The van der Waals surface area contributed by atoms with Gasteiger partial charge < -0.3 is 5.32 Å². The lowest BCUT2D eigenvalue weighted by Crippen LogP contribution is -2.10. The summed E-state index contributed by atoms with van der Waals surface area (Å²) < 4.78 is 14.5. The number of likely N-dealkylation sites (N-methyl/N-ethyl adjacent to an activating group) is 1.